The molecule has 0 aliphatic heterocycles. The van der Waals surface area contributed by atoms with Crippen LogP contribution >= 0.6 is 0 Å². The van der Waals surface area contributed by atoms with Crippen LogP contribution in [0.5, 0.6) is 5.75 Å². The van der Waals surface area contributed by atoms with Gasteiger partial charge in [-0.25, -0.2) is 0 Å². The number of aromatic nitrogens is 2. The van der Waals surface area contributed by atoms with E-state index in [0.29, 0.717) is 6.54 Å². The van der Waals surface area contributed by atoms with Crippen molar-refractivity contribution in [1.82, 2.24) is 9.55 Å². The van der Waals surface area contributed by atoms with Crippen LogP contribution in [0, 0.1) is 6.92 Å². The van der Waals surface area contributed by atoms with Crippen LogP contribution in [0.1, 0.15) is 28.7 Å². The number of aryl methyl sites for hydroxylation is 1. The summed E-state index contributed by atoms with van der Waals surface area (Å²) < 4.78 is 7.16. The lowest BCUT2D eigenvalue weighted by Crippen LogP contribution is -2.01. The van der Waals surface area contributed by atoms with Crippen LogP contribution in [0.25, 0.3) is 0 Å². The van der Waals surface area contributed by atoms with E-state index in [1.807, 2.05) is 42.1 Å². The number of ether oxygens (including phenoxy) is 1. The van der Waals surface area contributed by atoms with Gasteiger partial charge < -0.3 is 9.30 Å². The second kappa shape index (κ2) is 5.04. The molecule has 0 atom stereocenters. The molecule has 0 aliphatic rings. The first kappa shape index (κ1) is 12.4. The molecule has 2 heterocycles. The lowest BCUT2D eigenvalue weighted by Gasteiger charge is -2.06. The topological polar surface area (TPSA) is 44.1 Å². The van der Waals surface area contributed by atoms with Crippen LogP contribution in [0.2, 0.25) is 0 Å². The summed E-state index contributed by atoms with van der Waals surface area (Å²) in [4.78, 5) is 15.7. The number of hydrogen-bond donors (Lipinski definition) is 0. The van der Waals surface area contributed by atoms with Crippen molar-refractivity contribution in [3.05, 3.63) is 47.5 Å². The Labute approximate surface area is 106 Å². The molecule has 0 saturated carbocycles. The number of carbonyl (C=O) groups excluding carboxylic acids is 1. The minimum absolute atomic E-state index is 0.0727. The van der Waals surface area contributed by atoms with Crippen molar-refractivity contribution in [3.8, 4) is 5.75 Å². The average Bonchev–Trinajstić information content (AvgIpc) is 2.76. The molecule has 0 aliphatic carbocycles. The summed E-state index contributed by atoms with van der Waals surface area (Å²) in [5.41, 5.74) is 2.55. The summed E-state index contributed by atoms with van der Waals surface area (Å²) >= 11 is 0. The van der Waals surface area contributed by atoms with Crippen LogP contribution < -0.4 is 4.74 Å². The molecule has 4 heteroatoms. The predicted molar refractivity (Wildman–Crippen MR) is 69.1 cm³/mol. The zero-order valence-corrected chi connectivity index (χ0v) is 10.8. The molecule has 4 nitrogen and oxygen atoms in total. The monoisotopic (exact) mass is 244 g/mol. The first-order valence-electron chi connectivity index (χ1n) is 5.77. The number of carbonyl (C=O) groups is 1. The Hall–Kier alpha value is -2.10. The maximum Gasteiger partial charge on any atom is 0.161 e. The van der Waals surface area contributed by atoms with Gasteiger partial charge in [-0.3, -0.25) is 9.78 Å². The highest BCUT2D eigenvalue weighted by Gasteiger charge is 2.04. The van der Waals surface area contributed by atoms with Gasteiger partial charge in [0.15, 0.2) is 5.78 Å². The van der Waals surface area contributed by atoms with Gasteiger partial charge in [-0.05, 0) is 19.9 Å². The number of Topliss-reactive ketones (excluding diaryl/α,β-unsaturated/α-hetero) is 1. The van der Waals surface area contributed by atoms with Crippen molar-refractivity contribution in [2.45, 2.75) is 20.4 Å². The first-order valence-corrected chi connectivity index (χ1v) is 5.77. The van der Waals surface area contributed by atoms with Crippen LogP contribution in [-0.2, 0) is 6.54 Å². The standard InChI is InChI=1S/C14H16N2O2/c1-10-6-14(18-3)7-13(15-10)9-16-5-4-12(8-16)11(2)17/h4-8H,9H2,1-3H3. The molecule has 2 aromatic rings. The summed E-state index contributed by atoms with van der Waals surface area (Å²) in [6, 6.07) is 5.61. The Bertz CT molecular complexity index is 573. The third kappa shape index (κ3) is 2.77. The molecule has 2 aromatic heterocycles. The molecule has 18 heavy (non-hydrogen) atoms. The van der Waals surface area contributed by atoms with Crippen molar-refractivity contribution in [1.29, 1.82) is 0 Å². The van der Waals surface area contributed by atoms with Gasteiger partial charge in [0.25, 0.3) is 0 Å². The Balaban J connectivity index is 2.22. The number of pyridine rings is 1. The summed E-state index contributed by atoms with van der Waals surface area (Å²) in [6.45, 7) is 4.13. The van der Waals surface area contributed by atoms with Gasteiger partial charge in [0.1, 0.15) is 5.75 Å². The maximum atomic E-state index is 11.2. The maximum absolute atomic E-state index is 11.2. The van der Waals surface area contributed by atoms with Crippen molar-refractivity contribution in [2.75, 3.05) is 7.11 Å². The van der Waals surface area contributed by atoms with Crippen molar-refractivity contribution in [3.63, 3.8) is 0 Å². The Morgan fingerprint density at radius 3 is 2.83 bits per heavy atom. The predicted octanol–water partition coefficient (Wildman–Crippen LogP) is 2.45. The minimum atomic E-state index is 0.0727. The van der Waals surface area contributed by atoms with E-state index >= 15 is 0 Å². The fourth-order valence-corrected chi connectivity index (χ4v) is 1.84. The quantitative estimate of drug-likeness (QED) is 0.776. The van der Waals surface area contributed by atoms with Crippen LogP contribution in [-0.4, -0.2) is 22.4 Å². The van der Waals surface area contributed by atoms with Crippen molar-refractivity contribution < 1.29 is 9.53 Å². The second-order valence-corrected chi connectivity index (χ2v) is 4.27. The molecular formula is C14H16N2O2. The highest BCUT2D eigenvalue weighted by Crippen LogP contribution is 2.14. The molecule has 0 amide bonds. The fourth-order valence-electron chi connectivity index (χ4n) is 1.84. The van der Waals surface area contributed by atoms with Crippen LogP contribution in [0.3, 0.4) is 0 Å². The Morgan fingerprint density at radius 2 is 2.22 bits per heavy atom. The molecular weight excluding hydrogens is 228 g/mol. The zero-order valence-electron chi connectivity index (χ0n) is 10.8. The lowest BCUT2D eigenvalue weighted by atomic mass is 10.2. The summed E-state index contributed by atoms with van der Waals surface area (Å²) in [5.74, 6) is 0.875. The molecule has 0 saturated heterocycles. The van der Waals surface area contributed by atoms with E-state index in [9.17, 15) is 4.79 Å². The molecule has 0 N–H and O–H groups in total. The smallest absolute Gasteiger partial charge is 0.161 e. The summed E-state index contributed by atoms with van der Waals surface area (Å²) in [5, 5.41) is 0. The highest BCUT2D eigenvalue weighted by atomic mass is 16.5. The molecule has 0 fully saturated rings. The van der Waals surface area contributed by atoms with Crippen molar-refractivity contribution in [2.24, 2.45) is 0 Å². The van der Waals surface area contributed by atoms with Gasteiger partial charge in [-0.2, -0.15) is 0 Å². The number of methoxy groups -OCH3 is 1. The van der Waals surface area contributed by atoms with E-state index in [-0.39, 0.29) is 5.78 Å². The van der Waals surface area contributed by atoms with E-state index in [2.05, 4.69) is 4.98 Å². The normalized spacial score (nSPS) is 10.4. The van der Waals surface area contributed by atoms with E-state index in [4.69, 9.17) is 4.74 Å². The molecule has 0 aromatic carbocycles. The van der Waals surface area contributed by atoms with Gasteiger partial charge in [-0.1, -0.05) is 0 Å². The van der Waals surface area contributed by atoms with Crippen LogP contribution in [0.4, 0.5) is 0 Å². The third-order valence-electron chi connectivity index (χ3n) is 2.72. The zero-order chi connectivity index (χ0) is 13.1. The van der Waals surface area contributed by atoms with Gasteiger partial charge >= 0.3 is 0 Å². The van der Waals surface area contributed by atoms with E-state index in [1.165, 1.54) is 0 Å². The number of ketones is 1. The summed E-state index contributed by atoms with van der Waals surface area (Å²) in [7, 11) is 1.64. The van der Waals surface area contributed by atoms with E-state index in [1.54, 1.807) is 14.0 Å². The van der Waals surface area contributed by atoms with E-state index < -0.39 is 0 Å². The average molecular weight is 244 g/mol. The highest BCUT2D eigenvalue weighted by molar-refractivity contribution is 5.93. The molecule has 2 rings (SSSR count). The van der Waals surface area contributed by atoms with E-state index in [0.717, 1.165) is 22.7 Å². The third-order valence-corrected chi connectivity index (χ3v) is 2.72. The number of hydrogen-bond acceptors (Lipinski definition) is 3. The number of rotatable bonds is 4. The van der Waals surface area contributed by atoms with Gasteiger partial charge in [0.2, 0.25) is 0 Å². The van der Waals surface area contributed by atoms with Crippen LogP contribution in [0.15, 0.2) is 30.6 Å². The fraction of sp³-hybridized carbons (Fsp3) is 0.286. The molecule has 0 bridgehead atoms. The summed E-state index contributed by atoms with van der Waals surface area (Å²) in [6.07, 6.45) is 3.71. The first-order chi connectivity index (χ1) is 8.58. The second-order valence-electron chi connectivity index (χ2n) is 4.27. The molecule has 0 unspecified atom stereocenters. The Morgan fingerprint density at radius 1 is 1.44 bits per heavy atom. The van der Waals surface area contributed by atoms with Gasteiger partial charge in [0, 0.05) is 35.8 Å². The SMILES string of the molecule is COc1cc(C)nc(Cn2ccc(C(C)=O)c2)c1. The largest absolute Gasteiger partial charge is 0.497 e. The molecule has 94 valence electrons. The molecule has 0 radical (unpaired) electrons. The van der Waals surface area contributed by atoms with Crippen molar-refractivity contribution >= 4 is 5.78 Å². The van der Waals surface area contributed by atoms with Gasteiger partial charge in [-0.15, -0.1) is 0 Å². The number of nitrogens with zero attached hydrogens (tertiary/aromatic N) is 2. The minimum Gasteiger partial charge on any atom is -0.497 e. The Kier molecular flexibility index (Phi) is 3.46. The van der Waals surface area contributed by atoms with Gasteiger partial charge in [0.05, 0.1) is 19.3 Å². The molecule has 0 spiro atoms. The lowest BCUT2D eigenvalue weighted by molar-refractivity contribution is 0.101.